The molecule has 8 nitrogen and oxygen atoms in total. The summed E-state index contributed by atoms with van der Waals surface area (Å²) in [5.41, 5.74) is -0.168. The van der Waals surface area contributed by atoms with E-state index in [0.29, 0.717) is 6.54 Å². The summed E-state index contributed by atoms with van der Waals surface area (Å²) < 4.78 is 0. The maximum Gasteiger partial charge on any atom is 0.353 e. The summed E-state index contributed by atoms with van der Waals surface area (Å²) in [5.74, 6) is 0.397. The Morgan fingerprint density at radius 3 is 2.79 bits per heavy atom. The molecule has 106 valence electrons. The minimum Gasteiger partial charge on any atom is -0.394 e. The minimum absolute atomic E-state index is 0.116. The lowest BCUT2D eigenvalue weighted by atomic mass is 10.3. The molecule has 19 heavy (non-hydrogen) atoms. The Morgan fingerprint density at radius 1 is 1.58 bits per heavy atom. The number of rotatable bonds is 7. The van der Waals surface area contributed by atoms with Gasteiger partial charge >= 0.3 is 5.69 Å². The minimum atomic E-state index is -0.506. The summed E-state index contributed by atoms with van der Waals surface area (Å²) in [5, 5.41) is 23.3. The lowest BCUT2D eigenvalue weighted by molar-refractivity contribution is -0.383. The van der Waals surface area contributed by atoms with Crippen molar-refractivity contribution in [1.29, 1.82) is 0 Å². The fourth-order valence-corrected chi connectivity index (χ4v) is 1.50. The number of nitrogens with one attached hydrogen (secondary N) is 1. The van der Waals surface area contributed by atoms with Gasteiger partial charge in [0.05, 0.1) is 17.6 Å². The van der Waals surface area contributed by atoms with Gasteiger partial charge in [0.25, 0.3) is 0 Å². The van der Waals surface area contributed by atoms with Crippen molar-refractivity contribution < 1.29 is 10.0 Å². The largest absolute Gasteiger partial charge is 0.394 e. The van der Waals surface area contributed by atoms with E-state index in [9.17, 15) is 10.1 Å². The van der Waals surface area contributed by atoms with E-state index < -0.39 is 4.92 Å². The SMILES string of the molecule is CCCNc1ncnc(N(C)C(C)CO)c1[N+](=O)[O-]. The molecule has 0 aliphatic carbocycles. The van der Waals surface area contributed by atoms with Crippen LogP contribution < -0.4 is 10.2 Å². The number of aliphatic hydroxyl groups excluding tert-OH is 1. The quantitative estimate of drug-likeness (QED) is 0.562. The zero-order valence-corrected chi connectivity index (χ0v) is 11.3. The van der Waals surface area contributed by atoms with Crippen LogP contribution in [0.2, 0.25) is 0 Å². The van der Waals surface area contributed by atoms with E-state index >= 15 is 0 Å². The highest BCUT2D eigenvalue weighted by Gasteiger charge is 2.27. The van der Waals surface area contributed by atoms with Crippen LogP contribution in [-0.4, -0.2) is 46.2 Å². The van der Waals surface area contributed by atoms with Gasteiger partial charge in [-0.15, -0.1) is 0 Å². The molecule has 0 aromatic carbocycles. The number of hydrogen-bond acceptors (Lipinski definition) is 7. The Hall–Kier alpha value is -1.96. The van der Waals surface area contributed by atoms with Crippen molar-refractivity contribution in [2.45, 2.75) is 26.3 Å². The molecule has 1 unspecified atom stereocenters. The van der Waals surface area contributed by atoms with Gasteiger partial charge in [0, 0.05) is 13.6 Å². The first-order chi connectivity index (χ1) is 9.02. The summed E-state index contributed by atoms with van der Waals surface area (Å²) in [6.45, 7) is 4.19. The molecule has 0 aliphatic heterocycles. The van der Waals surface area contributed by atoms with Crippen molar-refractivity contribution in [3.63, 3.8) is 0 Å². The van der Waals surface area contributed by atoms with Crippen LogP contribution in [0.4, 0.5) is 17.3 Å². The molecule has 0 saturated carbocycles. The Morgan fingerprint density at radius 2 is 2.26 bits per heavy atom. The molecule has 1 aromatic heterocycles. The van der Waals surface area contributed by atoms with Crippen LogP contribution in [-0.2, 0) is 0 Å². The molecule has 1 rings (SSSR count). The third kappa shape index (κ3) is 3.50. The fraction of sp³-hybridized carbons (Fsp3) is 0.636. The van der Waals surface area contributed by atoms with Crippen LogP contribution in [0.3, 0.4) is 0 Å². The van der Waals surface area contributed by atoms with Gasteiger partial charge in [-0.2, -0.15) is 0 Å². The normalized spacial score (nSPS) is 12.0. The summed E-state index contributed by atoms with van der Waals surface area (Å²) >= 11 is 0. The molecule has 0 saturated heterocycles. The van der Waals surface area contributed by atoms with Gasteiger partial charge in [-0.25, -0.2) is 9.97 Å². The van der Waals surface area contributed by atoms with Gasteiger partial charge in [-0.3, -0.25) is 10.1 Å². The molecule has 1 heterocycles. The molecule has 8 heteroatoms. The van der Waals surface area contributed by atoms with Crippen LogP contribution in [0, 0.1) is 10.1 Å². The maximum absolute atomic E-state index is 11.2. The third-order valence-electron chi connectivity index (χ3n) is 2.79. The fourth-order valence-electron chi connectivity index (χ4n) is 1.50. The zero-order chi connectivity index (χ0) is 14.4. The standard InChI is InChI=1S/C11H19N5O3/c1-4-5-12-10-9(16(18)19)11(14-7-13-10)15(3)8(2)6-17/h7-8,17H,4-6H2,1-3H3,(H,12,13,14). The second kappa shape index (κ2) is 6.83. The highest BCUT2D eigenvalue weighted by atomic mass is 16.6. The van der Waals surface area contributed by atoms with Crippen LogP contribution >= 0.6 is 0 Å². The van der Waals surface area contributed by atoms with E-state index in [4.69, 9.17) is 5.11 Å². The van der Waals surface area contributed by atoms with E-state index in [1.165, 1.54) is 6.33 Å². The number of anilines is 2. The Labute approximate surface area is 111 Å². The van der Waals surface area contributed by atoms with Gasteiger partial charge in [0.2, 0.25) is 11.6 Å². The zero-order valence-electron chi connectivity index (χ0n) is 11.3. The van der Waals surface area contributed by atoms with Crippen LogP contribution in [0.5, 0.6) is 0 Å². The molecular formula is C11H19N5O3. The maximum atomic E-state index is 11.2. The number of likely N-dealkylation sites (N-methyl/N-ethyl adjacent to an activating group) is 1. The molecule has 0 bridgehead atoms. The Kier molecular flexibility index (Phi) is 5.43. The lowest BCUT2D eigenvalue weighted by Gasteiger charge is -2.24. The number of nitro groups is 1. The summed E-state index contributed by atoms with van der Waals surface area (Å²) in [7, 11) is 1.65. The molecule has 1 atom stereocenters. The third-order valence-corrected chi connectivity index (χ3v) is 2.79. The van der Waals surface area contributed by atoms with E-state index in [-0.39, 0.29) is 30.0 Å². The van der Waals surface area contributed by atoms with Crippen molar-refractivity contribution in [3.05, 3.63) is 16.4 Å². The number of nitrogens with zero attached hydrogens (tertiary/aromatic N) is 4. The number of aliphatic hydroxyl groups is 1. The average Bonchev–Trinajstić information content (AvgIpc) is 2.42. The second-order valence-corrected chi connectivity index (χ2v) is 4.22. The Bertz CT molecular complexity index is 440. The molecule has 0 aliphatic rings. The van der Waals surface area contributed by atoms with Crippen molar-refractivity contribution >= 4 is 17.3 Å². The van der Waals surface area contributed by atoms with Gasteiger partial charge in [-0.1, -0.05) is 6.92 Å². The van der Waals surface area contributed by atoms with E-state index in [1.54, 1.807) is 18.9 Å². The molecule has 0 radical (unpaired) electrons. The van der Waals surface area contributed by atoms with Gasteiger partial charge in [0.1, 0.15) is 6.33 Å². The molecule has 2 N–H and O–H groups in total. The molecule has 0 fully saturated rings. The second-order valence-electron chi connectivity index (χ2n) is 4.22. The van der Waals surface area contributed by atoms with Crippen molar-refractivity contribution in [3.8, 4) is 0 Å². The molecule has 1 aromatic rings. The van der Waals surface area contributed by atoms with Gasteiger partial charge in [0.15, 0.2) is 0 Å². The number of aromatic nitrogens is 2. The van der Waals surface area contributed by atoms with Crippen LogP contribution in [0.1, 0.15) is 20.3 Å². The van der Waals surface area contributed by atoms with Crippen LogP contribution in [0.25, 0.3) is 0 Å². The van der Waals surface area contributed by atoms with E-state index in [1.807, 2.05) is 6.92 Å². The van der Waals surface area contributed by atoms with Crippen molar-refractivity contribution in [2.24, 2.45) is 0 Å². The Balaban J connectivity index is 3.19. The summed E-state index contributed by atoms with van der Waals surface area (Å²) in [6.07, 6.45) is 2.11. The van der Waals surface area contributed by atoms with Crippen molar-refractivity contribution in [2.75, 3.05) is 30.4 Å². The predicted molar refractivity (Wildman–Crippen MR) is 72.4 cm³/mol. The first-order valence-electron chi connectivity index (χ1n) is 6.09. The average molecular weight is 269 g/mol. The molecule has 0 amide bonds. The summed E-state index contributed by atoms with van der Waals surface area (Å²) in [6, 6.07) is -0.271. The van der Waals surface area contributed by atoms with Gasteiger partial charge in [-0.05, 0) is 13.3 Å². The van der Waals surface area contributed by atoms with Gasteiger partial charge < -0.3 is 15.3 Å². The first-order valence-corrected chi connectivity index (χ1v) is 6.09. The highest BCUT2D eigenvalue weighted by molar-refractivity contribution is 5.70. The van der Waals surface area contributed by atoms with Crippen molar-refractivity contribution in [1.82, 2.24) is 9.97 Å². The lowest BCUT2D eigenvalue weighted by Crippen LogP contribution is -2.33. The predicted octanol–water partition coefficient (Wildman–Crippen LogP) is 1.02. The number of hydrogen-bond donors (Lipinski definition) is 2. The molecular weight excluding hydrogens is 250 g/mol. The van der Waals surface area contributed by atoms with E-state index in [2.05, 4.69) is 15.3 Å². The highest BCUT2D eigenvalue weighted by Crippen LogP contribution is 2.31. The smallest absolute Gasteiger partial charge is 0.353 e. The topological polar surface area (TPSA) is 104 Å². The van der Waals surface area contributed by atoms with E-state index in [0.717, 1.165) is 6.42 Å². The van der Waals surface area contributed by atoms with Crippen LogP contribution in [0.15, 0.2) is 6.33 Å². The molecule has 0 spiro atoms. The monoisotopic (exact) mass is 269 g/mol. The summed E-state index contributed by atoms with van der Waals surface area (Å²) in [4.78, 5) is 20.2. The first kappa shape index (κ1) is 15.1.